The van der Waals surface area contributed by atoms with Gasteiger partial charge in [-0.1, -0.05) is 24.3 Å². The number of hydrogen-bond donors (Lipinski definition) is 0. The molecular weight excluding hydrogens is 260 g/mol. The van der Waals surface area contributed by atoms with Gasteiger partial charge in [0.15, 0.2) is 0 Å². The van der Waals surface area contributed by atoms with Crippen molar-refractivity contribution >= 4 is 16.8 Å². The normalized spacial score (nSPS) is 18.9. The first-order valence-electron chi connectivity index (χ1n) is 7.19. The Balaban J connectivity index is 2.20. The molecule has 3 heteroatoms. The van der Waals surface area contributed by atoms with Crippen LogP contribution in [0, 0.1) is 0 Å². The summed E-state index contributed by atoms with van der Waals surface area (Å²) in [4.78, 5) is 14.3. The molecule has 108 valence electrons. The Morgan fingerprint density at radius 2 is 2.00 bits per heavy atom. The molecule has 2 heterocycles. The number of fused-ring (bicyclic) bond motifs is 1. The van der Waals surface area contributed by atoms with Crippen LogP contribution >= 0.6 is 0 Å². The molecule has 0 saturated heterocycles. The molecule has 0 bridgehead atoms. The first-order valence-corrected chi connectivity index (χ1v) is 7.19. The zero-order valence-corrected chi connectivity index (χ0v) is 12.8. The third-order valence-electron chi connectivity index (χ3n) is 4.44. The molecule has 1 aliphatic rings. The maximum absolute atomic E-state index is 12.4. The van der Waals surface area contributed by atoms with Crippen LogP contribution in [0.2, 0.25) is 0 Å². The lowest BCUT2D eigenvalue weighted by atomic mass is 9.99. The van der Waals surface area contributed by atoms with Crippen molar-refractivity contribution in [1.82, 2.24) is 9.47 Å². The Morgan fingerprint density at radius 3 is 2.71 bits per heavy atom. The average Bonchev–Trinajstić information content (AvgIpc) is 2.91. The minimum Gasteiger partial charge on any atom is -0.350 e. The van der Waals surface area contributed by atoms with Crippen LogP contribution < -0.4 is 0 Å². The third kappa shape index (κ3) is 1.92. The van der Waals surface area contributed by atoms with Crippen LogP contribution in [0.1, 0.15) is 25.5 Å². The number of hydrogen-bond acceptors (Lipinski definition) is 1. The Labute approximate surface area is 125 Å². The van der Waals surface area contributed by atoms with E-state index in [-0.39, 0.29) is 11.9 Å². The van der Waals surface area contributed by atoms with Crippen molar-refractivity contribution in [2.24, 2.45) is 7.05 Å². The van der Waals surface area contributed by atoms with Crippen LogP contribution in [0.3, 0.4) is 0 Å². The SMILES string of the molecule is C=CCN1C(=O)C(C)=C(C)C1c1cn(C)c2ccccc12. The summed E-state index contributed by atoms with van der Waals surface area (Å²) in [7, 11) is 2.05. The van der Waals surface area contributed by atoms with Crippen LogP contribution in [-0.2, 0) is 11.8 Å². The van der Waals surface area contributed by atoms with Gasteiger partial charge in [-0.25, -0.2) is 0 Å². The van der Waals surface area contributed by atoms with Gasteiger partial charge in [-0.05, 0) is 25.5 Å². The number of nitrogens with zero attached hydrogens (tertiary/aromatic N) is 2. The Bertz CT molecular complexity index is 767. The van der Waals surface area contributed by atoms with Gasteiger partial charge in [-0.2, -0.15) is 0 Å². The second-order valence-electron chi connectivity index (χ2n) is 5.67. The van der Waals surface area contributed by atoms with Crippen LogP contribution in [0.4, 0.5) is 0 Å². The van der Waals surface area contributed by atoms with Crippen LogP contribution in [-0.4, -0.2) is 21.9 Å². The van der Waals surface area contributed by atoms with Gasteiger partial charge in [-0.15, -0.1) is 6.58 Å². The van der Waals surface area contributed by atoms with Gasteiger partial charge < -0.3 is 9.47 Å². The standard InChI is InChI=1S/C18H20N2O/c1-5-10-20-17(12(2)13(3)18(20)21)15-11-19(4)16-9-7-6-8-14(15)16/h5-9,11,17H,1,10H2,2-4H3. The molecule has 1 aromatic carbocycles. The number of aryl methyl sites for hydroxylation is 1. The summed E-state index contributed by atoms with van der Waals surface area (Å²) in [5.41, 5.74) is 4.38. The number of aromatic nitrogens is 1. The van der Waals surface area contributed by atoms with E-state index in [0.29, 0.717) is 6.54 Å². The van der Waals surface area contributed by atoms with E-state index in [4.69, 9.17) is 0 Å². The molecule has 1 aromatic heterocycles. The Kier molecular flexibility index (Phi) is 3.20. The van der Waals surface area contributed by atoms with Crippen molar-refractivity contribution in [3.8, 4) is 0 Å². The fourth-order valence-electron chi connectivity index (χ4n) is 3.26. The first kappa shape index (κ1) is 13.7. The van der Waals surface area contributed by atoms with E-state index in [1.807, 2.05) is 31.0 Å². The molecule has 0 saturated carbocycles. The van der Waals surface area contributed by atoms with Crippen molar-refractivity contribution in [3.63, 3.8) is 0 Å². The minimum absolute atomic E-state index is 0.0154. The van der Waals surface area contributed by atoms with E-state index in [9.17, 15) is 4.79 Å². The highest BCUT2D eigenvalue weighted by molar-refractivity contribution is 5.98. The second-order valence-corrected chi connectivity index (χ2v) is 5.67. The molecule has 0 radical (unpaired) electrons. The van der Waals surface area contributed by atoms with Crippen LogP contribution in [0.15, 0.2) is 54.3 Å². The number of carbonyl (C=O) groups excluding carboxylic acids is 1. The van der Waals surface area contributed by atoms with E-state index < -0.39 is 0 Å². The molecule has 0 N–H and O–H groups in total. The van der Waals surface area contributed by atoms with E-state index in [1.165, 1.54) is 16.5 Å². The van der Waals surface area contributed by atoms with Crippen LogP contribution in [0.25, 0.3) is 10.9 Å². The molecular formula is C18H20N2O. The minimum atomic E-state index is 0.0154. The predicted octanol–water partition coefficient (Wildman–Crippen LogP) is 3.58. The second kappa shape index (κ2) is 4.92. The number of benzene rings is 1. The van der Waals surface area contributed by atoms with Gasteiger partial charge in [0.05, 0.1) is 6.04 Å². The van der Waals surface area contributed by atoms with Gasteiger partial charge in [0.1, 0.15) is 0 Å². The number of rotatable bonds is 3. The summed E-state index contributed by atoms with van der Waals surface area (Å²) in [5.74, 6) is 0.116. The lowest BCUT2D eigenvalue weighted by Gasteiger charge is -2.25. The van der Waals surface area contributed by atoms with Crippen molar-refractivity contribution in [1.29, 1.82) is 0 Å². The highest BCUT2D eigenvalue weighted by Crippen LogP contribution is 2.40. The Hall–Kier alpha value is -2.29. The molecule has 1 unspecified atom stereocenters. The van der Waals surface area contributed by atoms with Crippen molar-refractivity contribution in [2.75, 3.05) is 6.54 Å². The molecule has 0 fully saturated rings. The van der Waals surface area contributed by atoms with Crippen LogP contribution in [0.5, 0.6) is 0 Å². The summed E-state index contributed by atoms with van der Waals surface area (Å²) < 4.78 is 2.13. The smallest absolute Gasteiger partial charge is 0.250 e. The molecule has 3 rings (SSSR count). The maximum atomic E-state index is 12.4. The highest BCUT2D eigenvalue weighted by atomic mass is 16.2. The number of carbonyl (C=O) groups is 1. The fourth-order valence-corrected chi connectivity index (χ4v) is 3.26. The molecule has 1 atom stereocenters. The van der Waals surface area contributed by atoms with Crippen molar-refractivity contribution < 1.29 is 4.79 Å². The van der Waals surface area contributed by atoms with E-state index >= 15 is 0 Å². The lowest BCUT2D eigenvalue weighted by Crippen LogP contribution is -2.30. The molecule has 3 nitrogen and oxygen atoms in total. The van der Waals surface area contributed by atoms with Gasteiger partial charge in [0, 0.05) is 41.8 Å². The molecule has 1 amide bonds. The predicted molar refractivity (Wildman–Crippen MR) is 85.9 cm³/mol. The quantitative estimate of drug-likeness (QED) is 0.789. The van der Waals surface area contributed by atoms with Gasteiger partial charge >= 0.3 is 0 Å². The molecule has 0 aliphatic carbocycles. The maximum Gasteiger partial charge on any atom is 0.250 e. The number of para-hydroxylation sites is 1. The summed E-state index contributed by atoms with van der Waals surface area (Å²) in [6.45, 7) is 8.33. The first-order chi connectivity index (χ1) is 10.1. The zero-order chi connectivity index (χ0) is 15.1. The molecule has 2 aromatic rings. The highest BCUT2D eigenvalue weighted by Gasteiger charge is 2.36. The topological polar surface area (TPSA) is 25.2 Å². The summed E-state index contributed by atoms with van der Waals surface area (Å²) >= 11 is 0. The third-order valence-corrected chi connectivity index (χ3v) is 4.44. The van der Waals surface area contributed by atoms with Crippen molar-refractivity contribution in [3.05, 3.63) is 59.8 Å². The van der Waals surface area contributed by atoms with E-state index in [0.717, 1.165) is 11.1 Å². The summed E-state index contributed by atoms with van der Waals surface area (Å²) in [5, 5.41) is 1.21. The van der Waals surface area contributed by atoms with E-state index in [2.05, 4.69) is 36.4 Å². The van der Waals surface area contributed by atoms with Crippen molar-refractivity contribution in [2.45, 2.75) is 19.9 Å². The monoisotopic (exact) mass is 280 g/mol. The van der Waals surface area contributed by atoms with Gasteiger partial charge in [-0.3, -0.25) is 4.79 Å². The summed E-state index contributed by atoms with van der Waals surface area (Å²) in [6.07, 6.45) is 3.93. The molecule has 1 aliphatic heterocycles. The van der Waals surface area contributed by atoms with E-state index in [1.54, 1.807) is 6.08 Å². The molecule has 21 heavy (non-hydrogen) atoms. The Morgan fingerprint density at radius 1 is 1.29 bits per heavy atom. The average molecular weight is 280 g/mol. The largest absolute Gasteiger partial charge is 0.350 e. The zero-order valence-electron chi connectivity index (χ0n) is 12.8. The summed E-state index contributed by atoms with van der Waals surface area (Å²) in [6, 6.07) is 8.34. The molecule has 0 spiro atoms. The number of amides is 1. The van der Waals surface area contributed by atoms with Gasteiger partial charge in [0.25, 0.3) is 5.91 Å². The lowest BCUT2D eigenvalue weighted by molar-refractivity contribution is -0.126. The van der Waals surface area contributed by atoms with Gasteiger partial charge in [0.2, 0.25) is 0 Å². The fraction of sp³-hybridized carbons (Fsp3) is 0.278.